The Morgan fingerprint density at radius 2 is 1.86 bits per heavy atom. The minimum absolute atomic E-state index is 0.698. The zero-order chi connectivity index (χ0) is 21.4. The smallest absolute Gasteiger partial charge is 0.101 e. The molecular formula is C27H32N2. The molecule has 150 valence electrons. The van der Waals surface area contributed by atoms with E-state index in [1.54, 1.807) is 0 Å². The molecule has 0 amide bonds. The van der Waals surface area contributed by atoms with Crippen molar-refractivity contribution in [1.82, 2.24) is 4.57 Å². The van der Waals surface area contributed by atoms with Crippen LogP contribution in [0.15, 0.2) is 61.4 Å². The molecule has 0 saturated heterocycles. The van der Waals surface area contributed by atoms with Gasteiger partial charge in [-0.05, 0) is 61.1 Å². The maximum atomic E-state index is 9.65. The van der Waals surface area contributed by atoms with E-state index in [9.17, 15) is 5.26 Å². The van der Waals surface area contributed by atoms with Crippen molar-refractivity contribution in [2.24, 2.45) is 0 Å². The van der Waals surface area contributed by atoms with Gasteiger partial charge in [0, 0.05) is 23.6 Å². The van der Waals surface area contributed by atoms with Gasteiger partial charge in [-0.2, -0.15) is 5.26 Å². The Balaban J connectivity index is 0.00000145. The van der Waals surface area contributed by atoms with Crippen LogP contribution in [0.3, 0.4) is 0 Å². The first-order chi connectivity index (χ1) is 14.0. The Morgan fingerprint density at radius 1 is 1.10 bits per heavy atom. The number of allylic oxidation sites excluding steroid dienone is 1. The summed E-state index contributed by atoms with van der Waals surface area (Å²) in [5.74, 6) is 0. The summed E-state index contributed by atoms with van der Waals surface area (Å²) < 4.78 is 2.04. The van der Waals surface area contributed by atoms with E-state index in [-0.39, 0.29) is 0 Å². The van der Waals surface area contributed by atoms with Crippen LogP contribution >= 0.6 is 0 Å². The number of rotatable bonds is 6. The fourth-order valence-electron chi connectivity index (χ4n) is 3.49. The number of nitrogens with zero attached hydrogens (tertiary/aromatic N) is 2. The molecule has 2 heteroatoms. The average molecular weight is 385 g/mol. The van der Waals surface area contributed by atoms with Gasteiger partial charge in [0.1, 0.15) is 6.07 Å². The predicted molar refractivity (Wildman–Crippen MR) is 125 cm³/mol. The highest BCUT2D eigenvalue weighted by Gasteiger charge is 2.11. The van der Waals surface area contributed by atoms with E-state index in [2.05, 4.69) is 75.2 Å². The molecule has 0 N–H and O–H groups in total. The first kappa shape index (κ1) is 22.2. The lowest BCUT2D eigenvalue weighted by atomic mass is 10.0. The predicted octanol–water partition coefficient (Wildman–Crippen LogP) is 7.73. The highest BCUT2D eigenvalue weighted by Crippen LogP contribution is 2.28. The topological polar surface area (TPSA) is 28.7 Å². The number of nitriles is 1. The molecular weight excluding hydrogens is 352 g/mol. The lowest BCUT2D eigenvalue weighted by molar-refractivity contribution is 0.795. The van der Waals surface area contributed by atoms with Crippen LogP contribution in [-0.4, -0.2) is 4.57 Å². The molecule has 1 heterocycles. The molecule has 29 heavy (non-hydrogen) atoms. The fraction of sp³-hybridized carbons (Fsp3) is 0.296. The lowest BCUT2D eigenvalue weighted by Gasteiger charge is -2.09. The standard InChI is InChI=1S/C25H26N2.C2H6/c1-5-6-8-20-9-7-10-21(14-20)25-17-27(16-22(25)15-26)23-11-12-24(18(2)3)19(4)13-23;1-2/h7,9-14,16-17H,2,5-6,8H2,1,3-4H3;1-2H3. The Kier molecular flexibility index (Phi) is 8.04. The van der Waals surface area contributed by atoms with Crippen molar-refractivity contribution < 1.29 is 0 Å². The van der Waals surface area contributed by atoms with Gasteiger partial charge in [0.2, 0.25) is 0 Å². The fourth-order valence-corrected chi connectivity index (χ4v) is 3.49. The Hall–Kier alpha value is -3.05. The van der Waals surface area contributed by atoms with Gasteiger partial charge < -0.3 is 4.57 Å². The van der Waals surface area contributed by atoms with Crippen LogP contribution < -0.4 is 0 Å². The van der Waals surface area contributed by atoms with Gasteiger partial charge in [-0.25, -0.2) is 0 Å². The molecule has 0 fully saturated rings. The summed E-state index contributed by atoms with van der Waals surface area (Å²) in [6.45, 7) is 14.4. The summed E-state index contributed by atoms with van der Waals surface area (Å²) in [6, 6.07) is 17.2. The highest BCUT2D eigenvalue weighted by atomic mass is 14.9. The molecule has 0 spiro atoms. The average Bonchev–Trinajstić information content (AvgIpc) is 3.18. The normalized spacial score (nSPS) is 10.1. The van der Waals surface area contributed by atoms with E-state index in [1.165, 1.54) is 29.5 Å². The maximum absolute atomic E-state index is 9.65. The summed E-state index contributed by atoms with van der Waals surface area (Å²) >= 11 is 0. The van der Waals surface area contributed by atoms with E-state index >= 15 is 0 Å². The SMILES string of the molecule is C=C(C)c1ccc(-n2cc(C#N)c(-c3cccc(CCCC)c3)c2)cc1C.CC. The maximum Gasteiger partial charge on any atom is 0.101 e. The molecule has 3 aromatic rings. The zero-order valence-electron chi connectivity index (χ0n) is 18.4. The Bertz CT molecular complexity index is 1020. The molecule has 0 aliphatic rings. The first-order valence-corrected chi connectivity index (χ1v) is 10.5. The van der Waals surface area contributed by atoms with Gasteiger partial charge in [0.25, 0.3) is 0 Å². The van der Waals surface area contributed by atoms with Crippen LogP contribution in [0.5, 0.6) is 0 Å². The quantitative estimate of drug-likeness (QED) is 0.427. The van der Waals surface area contributed by atoms with E-state index in [0.717, 1.165) is 28.8 Å². The van der Waals surface area contributed by atoms with Crippen LogP contribution in [-0.2, 0) is 6.42 Å². The molecule has 1 aromatic heterocycles. The molecule has 2 aromatic carbocycles. The molecule has 0 bridgehead atoms. The van der Waals surface area contributed by atoms with Crippen LogP contribution in [0.4, 0.5) is 0 Å². The Labute approximate surface area is 176 Å². The largest absolute Gasteiger partial charge is 0.322 e. The second-order valence-corrected chi connectivity index (χ2v) is 7.19. The molecule has 0 aliphatic heterocycles. The first-order valence-electron chi connectivity index (χ1n) is 10.5. The second-order valence-electron chi connectivity index (χ2n) is 7.19. The van der Waals surface area contributed by atoms with Crippen molar-refractivity contribution in [3.63, 3.8) is 0 Å². The third-order valence-electron chi connectivity index (χ3n) is 4.97. The van der Waals surface area contributed by atoms with Crippen LogP contribution in [0.25, 0.3) is 22.4 Å². The summed E-state index contributed by atoms with van der Waals surface area (Å²) in [5.41, 5.74) is 8.60. The van der Waals surface area contributed by atoms with E-state index in [4.69, 9.17) is 0 Å². The molecule has 3 rings (SSSR count). The van der Waals surface area contributed by atoms with Gasteiger partial charge in [-0.15, -0.1) is 0 Å². The third-order valence-corrected chi connectivity index (χ3v) is 4.97. The van der Waals surface area contributed by atoms with Gasteiger partial charge in [0.05, 0.1) is 5.56 Å². The van der Waals surface area contributed by atoms with Gasteiger partial charge in [0.15, 0.2) is 0 Å². The number of unbranched alkanes of at least 4 members (excludes halogenated alkanes) is 1. The number of hydrogen-bond donors (Lipinski definition) is 0. The molecule has 0 aliphatic carbocycles. The molecule has 0 atom stereocenters. The lowest BCUT2D eigenvalue weighted by Crippen LogP contribution is -1.93. The van der Waals surface area contributed by atoms with Crippen LogP contribution in [0, 0.1) is 18.3 Å². The van der Waals surface area contributed by atoms with E-state index in [0.29, 0.717) is 5.56 Å². The summed E-state index contributed by atoms with van der Waals surface area (Å²) in [6.07, 6.45) is 7.43. The zero-order valence-corrected chi connectivity index (χ0v) is 18.4. The minimum atomic E-state index is 0.698. The molecule has 0 saturated carbocycles. The highest BCUT2D eigenvalue weighted by molar-refractivity contribution is 5.72. The van der Waals surface area contributed by atoms with Gasteiger partial charge in [-0.3, -0.25) is 0 Å². The van der Waals surface area contributed by atoms with E-state index in [1.807, 2.05) is 31.5 Å². The Morgan fingerprint density at radius 3 is 2.48 bits per heavy atom. The van der Waals surface area contributed by atoms with Crippen LogP contribution in [0.2, 0.25) is 0 Å². The second kappa shape index (κ2) is 10.5. The van der Waals surface area contributed by atoms with Crippen molar-refractivity contribution in [2.75, 3.05) is 0 Å². The summed E-state index contributed by atoms with van der Waals surface area (Å²) in [4.78, 5) is 0. The molecule has 0 radical (unpaired) electrons. The van der Waals surface area contributed by atoms with Crippen molar-refractivity contribution in [3.8, 4) is 22.9 Å². The van der Waals surface area contributed by atoms with E-state index < -0.39 is 0 Å². The van der Waals surface area contributed by atoms with Crippen molar-refractivity contribution in [2.45, 2.75) is 53.9 Å². The monoisotopic (exact) mass is 384 g/mol. The number of aromatic nitrogens is 1. The van der Waals surface area contributed by atoms with Crippen molar-refractivity contribution in [3.05, 3.63) is 83.7 Å². The van der Waals surface area contributed by atoms with Gasteiger partial charge in [-0.1, -0.05) is 69.7 Å². The molecule has 0 unspecified atom stereocenters. The summed E-state index contributed by atoms with van der Waals surface area (Å²) in [7, 11) is 0. The molecule has 2 nitrogen and oxygen atoms in total. The van der Waals surface area contributed by atoms with Crippen LogP contribution in [0.1, 0.15) is 62.8 Å². The number of aryl methyl sites for hydroxylation is 2. The van der Waals surface area contributed by atoms with Crippen molar-refractivity contribution in [1.29, 1.82) is 5.26 Å². The number of benzene rings is 2. The minimum Gasteiger partial charge on any atom is -0.322 e. The van der Waals surface area contributed by atoms with Crippen molar-refractivity contribution >= 4 is 5.57 Å². The number of hydrogen-bond acceptors (Lipinski definition) is 1. The third kappa shape index (κ3) is 5.27. The summed E-state index contributed by atoms with van der Waals surface area (Å²) in [5, 5.41) is 9.65. The van der Waals surface area contributed by atoms with Gasteiger partial charge >= 0.3 is 0 Å².